The van der Waals surface area contributed by atoms with Gasteiger partial charge in [-0.1, -0.05) is 35.9 Å². The minimum atomic E-state index is -2.81. The van der Waals surface area contributed by atoms with Crippen LogP contribution in [0.1, 0.15) is 30.5 Å². The van der Waals surface area contributed by atoms with E-state index < -0.39 is 18.1 Å². The van der Waals surface area contributed by atoms with Gasteiger partial charge in [0.25, 0.3) is 6.43 Å². The highest BCUT2D eigenvalue weighted by molar-refractivity contribution is 6.36. The highest BCUT2D eigenvalue weighted by Crippen LogP contribution is 2.40. The monoisotopic (exact) mass is 584 g/mol. The van der Waals surface area contributed by atoms with Gasteiger partial charge in [-0.15, -0.1) is 0 Å². The summed E-state index contributed by atoms with van der Waals surface area (Å²) in [7, 11) is 2.11. The average molecular weight is 585 g/mol. The van der Waals surface area contributed by atoms with Crippen LogP contribution < -0.4 is 19.9 Å². The quantitative estimate of drug-likeness (QED) is 0.452. The zero-order valence-electron chi connectivity index (χ0n) is 23.1. The normalized spacial score (nSPS) is 28.1. The second kappa shape index (κ2) is 10.5. The number of aliphatic hydroxyl groups is 1. The molecule has 7 rings (SSSR count). The number of nitrogens with one attached hydrogen (secondary N) is 1. The molecule has 4 atom stereocenters. The van der Waals surface area contributed by atoms with Crippen molar-refractivity contribution in [1.29, 1.82) is 0 Å². The number of hydrogen-bond donors (Lipinski definition) is 2. The number of nitrogens with zero attached hydrogens (tertiary/aromatic N) is 5. The molecule has 3 saturated heterocycles. The van der Waals surface area contributed by atoms with Crippen molar-refractivity contribution in [3.63, 3.8) is 0 Å². The first-order valence-electron chi connectivity index (χ1n) is 14.5. The van der Waals surface area contributed by atoms with Crippen molar-refractivity contribution in [2.24, 2.45) is 0 Å². The van der Waals surface area contributed by atoms with Gasteiger partial charge in [0.15, 0.2) is 0 Å². The molecule has 0 radical (unpaired) electrons. The number of fused-ring (bicyclic) bond motifs is 4. The molecule has 0 saturated carbocycles. The zero-order valence-corrected chi connectivity index (χ0v) is 23.8. The van der Waals surface area contributed by atoms with Crippen LogP contribution in [-0.2, 0) is 13.0 Å². The minimum Gasteiger partial charge on any atom is -0.462 e. The lowest BCUT2D eigenvalue weighted by atomic mass is 9.95. The van der Waals surface area contributed by atoms with Gasteiger partial charge < -0.3 is 29.9 Å². The Kier molecular flexibility index (Phi) is 6.92. The first-order valence-corrected chi connectivity index (χ1v) is 14.8. The first kappa shape index (κ1) is 27.1. The van der Waals surface area contributed by atoms with Crippen LogP contribution in [0.3, 0.4) is 0 Å². The molecule has 5 heterocycles. The van der Waals surface area contributed by atoms with E-state index in [-0.39, 0.29) is 19.0 Å². The van der Waals surface area contributed by atoms with E-state index in [1.807, 2.05) is 23.1 Å². The summed E-state index contributed by atoms with van der Waals surface area (Å²) in [5, 5.41) is 16.8. The standard InChI is InChI=1S/C30H35ClF2N6O2/c1-37-11-4-7-20(37)17-41-29-35-23-15-38(24-9-3-6-18-5-2-8-22(31)26(18)24)12-10-21(23)27(36-29)39-14-19-13-30(40,28(32)33)25(16-39)34-19/h2-3,5-6,8-9,19-20,25,28,34,40H,4,7,10-17H2,1H3. The van der Waals surface area contributed by atoms with Crippen molar-refractivity contribution in [3.05, 3.63) is 52.7 Å². The number of ether oxygens (including phenoxy) is 1. The summed E-state index contributed by atoms with van der Waals surface area (Å²) in [4.78, 5) is 16.4. The summed E-state index contributed by atoms with van der Waals surface area (Å²) in [5.74, 6) is 0.732. The molecule has 0 spiro atoms. The fourth-order valence-corrected chi connectivity index (χ4v) is 7.43. The molecule has 2 bridgehead atoms. The number of rotatable bonds is 6. The molecule has 4 unspecified atom stereocenters. The minimum absolute atomic E-state index is 0.0199. The topological polar surface area (TPSA) is 77.0 Å². The number of piperazine rings is 1. The number of likely N-dealkylation sites (N-methyl/N-ethyl adjacent to an activating group) is 1. The van der Waals surface area contributed by atoms with Gasteiger partial charge in [0, 0.05) is 54.8 Å². The summed E-state index contributed by atoms with van der Waals surface area (Å²) >= 11 is 6.66. The van der Waals surface area contributed by atoms with Crippen LogP contribution in [-0.4, -0.2) is 90.0 Å². The van der Waals surface area contributed by atoms with Crippen molar-refractivity contribution < 1.29 is 18.6 Å². The Hall–Kier alpha value is -2.79. The van der Waals surface area contributed by atoms with E-state index in [4.69, 9.17) is 26.3 Å². The molecule has 3 fully saturated rings. The smallest absolute Gasteiger partial charge is 0.318 e. The van der Waals surface area contributed by atoms with Crippen LogP contribution in [0.2, 0.25) is 5.02 Å². The third kappa shape index (κ3) is 4.78. The summed E-state index contributed by atoms with van der Waals surface area (Å²) < 4.78 is 34.0. The number of anilines is 2. The van der Waals surface area contributed by atoms with Gasteiger partial charge in [-0.2, -0.15) is 9.97 Å². The molecule has 11 heteroatoms. The van der Waals surface area contributed by atoms with Crippen molar-refractivity contribution >= 4 is 33.9 Å². The second-order valence-corrected chi connectivity index (χ2v) is 12.4. The van der Waals surface area contributed by atoms with Gasteiger partial charge in [0.2, 0.25) is 0 Å². The molecule has 41 heavy (non-hydrogen) atoms. The van der Waals surface area contributed by atoms with Crippen LogP contribution >= 0.6 is 11.6 Å². The van der Waals surface area contributed by atoms with Gasteiger partial charge in [0.1, 0.15) is 18.0 Å². The van der Waals surface area contributed by atoms with Crippen molar-refractivity contribution in [3.8, 4) is 6.01 Å². The Balaban J connectivity index is 1.23. The maximum absolute atomic E-state index is 13.9. The number of likely N-dealkylation sites (tertiary alicyclic amines) is 1. The summed E-state index contributed by atoms with van der Waals surface area (Å²) in [6.07, 6.45) is 0.103. The second-order valence-electron chi connectivity index (χ2n) is 11.9. The van der Waals surface area contributed by atoms with Crippen LogP contribution in [0.25, 0.3) is 10.8 Å². The number of alkyl halides is 2. The van der Waals surface area contributed by atoms with Gasteiger partial charge >= 0.3 is 6.01 Å². The van der Waals surface area contributed by atoms with Crippen molar-refractivity contribution in [1.82, 2.24) is 20.2 Å². The lowest BCUT2D eigenvalue weighted by Crippen LogP contribution is -2.58. The van der Waals surface area contributed by atoms with E-state index in [1.54, 1.807) is 0 Å². The van der Waals surface area contributed by atoms with E-state index in [9.17, 15) is 13.9 Å². The fourth-order valence-electron chi connectivity index (χ4n) is 7.15. The molecule has 0 amide bonds. The molecule has 4 aliphatic heterocycles. The van der Waals surface area contributed by atoms with Gasteiger partial charge in [-0.05, 0) is 50.4 Å². The van der Waals surface area contributed by atoms with Gasteiger partial charge in [0.05, 0.1) is 23.3 Å². The lowest BCUT2D eigenvalue weighted by molar-refractivity contribution is -0.0999. The van der Waals surface area contributed by atoms with E-state index in [0.717, 1.165) is 59.5 Å². The van der Waals surface area contributed by atoms with Gasteiger partial charge in [-0.3, -0.25) is 0 Å². The van der Waals surface area contributed by atoms with Crippen LogP contribution in [0, 0.1) is 0 Å². The Morgan fingerprint density at radius 2 is 1.98 bits per heavy atom. The number of benzene rings is 2. The van der Waals surface area contributed by atoms with Gasteiger partial charge in [-0.25, -0.2) is 8.78 Å². The summed E-state index contributed by atoms with van der Waals surface area (Å²) in [6.45, 7) is 3.56. The molecule has 4 aliphatic rings. The molecule has 1 aromatic heterocycles. The largest absolute Gasteiger partial charge is 0.462 e. The van der Waals surface area contributed by atoms with Crippen molar-refractivity contribution in [2.45, 2.75) is 62.4 Å². The van der Waals surface area contributed by atoms with E-state index in [0.29, 0.717) is 43.2 Å². The molecule has 218 valence electrons. The molecule has 2 N–H and O–H groups in total. The average Bonchev–Trinajstić information content (AvgIpc) is 3.49. The van der Waals surface area contributed by atoms with Crippen LogP contribution in [0.4, 0.5) is 20.3 Å². The Bertz CT molecular complexity index is 1460. The molecule has 2 aromatic carbocycles. The van der Waals surface area contributed by atoms with E-state index in [1.165, 1.54) is 0 Å². The molecule has 0 aliphatic carbocycles. The fraction of sp³-hybridized carbons (Fsp3) is 0.533. The first-order chi connectivity index (χ1) is 19.8. The van der Waals surface area contributed by atoms with Crippen LogP contribution in [0.5, 0.6) is 6.01 Å². The Morgan fingerprint density at radius 1 is 1.15 bits per heavy atom. The third-order valence-corrected chi connectivity index (χ3v) is 9.72. The maximum Gasteiger partial charge on any atom is 0.318 e. The maximum atomic E-state index is 13.9. The molecular formula is C30H35ClF2N6O2. The van der Waals surface area contributed by atoms with Crippen molar-refractivity contribution in [2.75, 3.05) is 49.6 Å². The lowest BCUT2D eigenvalue weighted by Gasteiger charge is -2.39. The Labute approximate surface area is 243 Å². The zero-order chi connectivity index (χ0) is 28.3. The number of hydrogen-bond acceptors (Lipinski definition) is 8. The highest BCUT2D eigenvalue weighted by atomic mass is 35.5. The predicted octanol–water partition coefficient (Wildman–Crippen LogP) is 3.87. The summed E-state index contributed by atoms with van der Waals surface area (Å²) in [6, 6.07) is 11.8. The van der Waals surface area contributed by atoms with E-state index in [2.05, 4.69) is 40.4 Å². The molecule has 3 aromatic rings. The van der Waals surface area contributed by atoms with Crippen LogP contribution in [0.15, 0.2) is 36.4 Å². The Morgan fingerprint density at radius 3 is 2.76 bits per heavy atom. The van der Waals surface area contributed by atoms with E-state index >= 15 is 0 Å². The highest BCUT2D eigenvalue weighted by Gasteiger charge is 2.55. The molecular weight excluding hydrogens is 550 g/mol. The number of aromatic nitrogens is 2. The molecule has 8 nitrogen and oxygen atoms in total. The SMILES string of the molecule is CN1CCCC1COc1nc2c(c(N3CC4CC(O)(C(F)F)C(C3)N4)n1)CCN(c1cccc3cccc(Cl)c13)C2. The number of halogens is 3. The third-order valence-electron chi connectivity index (χ3n) is 9.41. The predicted molar refractivity (Wildman–Crippen MR) is 155 cm³/mol. The summed E-state index contributed by atoms with van der Waals surface area (Å²) in [5.41, 5.74) is 0.898.